The van der Waals surface area contributed by atoms with E-state index in [2.05, 4.69) is 20.9 Å². The fraction of sp³-hybridized carbons (Fsp3) is 0.500. The molecule has 26 heavy (non-hydrogen) atoms. The molecule has 1 aromatic heterocycles. The van der Waals surface area contributed by atoms with Crippen LogP contribution in [-0.4, -0.2) is 54.3 Å². The molecule has 2 aromatic rings. The molecule has 0 spiro atoms. The van der Waals surface area contributed by atoms with Crippen LogP contribution in [0.15, 0.2) is 30.5 Å². The standard InChI is InChI=1S/C18H25N5O3/c1-25-10-3-11-26-16-5-2-4-14(12-16)20-18(24)17-13-23(22-21-17)15-6-8-19-9-7-15/h2,4-5,12-13,15,19H,3,6-11H2,1H3,(H,20,24). The lowest BCUT2D eigenvalue weighted by atomic mass is 10.1. The van der Waals surface area contributed by atoms with Gasteiger partial charge in [-0.05, 0) is 38.1 Å². The SMILES string of the molecule is COCCCOc1cccc(NC(=O)c2cn(C3CCNCC3)nn2)c1. The van der Waals surface area contributed by atoms with Gasteiger partial charge in [0.2, 0.25) is 0 Å². The summed E-state index contributed by atoms with van der Waals surface area (Å²) >= 11 is 0. The van der Waals surface area contributed by atoms with Crippen molar-refractivity contribution in [1.82, 2.24) is 20.3 Å². The number of carbonyl (C=O) groups excluding carboxylic acids is 1. The van der Waals surface area contributed by atoms with Gasteiger partial charge in [-0.25, -0.2) is 4.68 Å². The molecule has 1 aliphatic rings. The number of anilines is 1. The molecule has 1 saturated heterocycles. The molecule has 8 heteroatoms. The molecule has 0 radical (unpaired) electrons. The van der Waals surface area contributed by atoms with Gasteiger partial charge in [-0.2, -0.15) is 0 Å². The van der Waals surface area contributed by atoms with Crippen molar-refractivity contribution in [3.8, 4) is 5.75 Å². The molecule has 3 rings (SSSR count). The Morgan fingerprint density at radius 1 is 1.35 bits per heavy atom. The van der Waals surface area contributed by atoms with Crippen molar-refractivity contribution in [2.75, 3.05) is 38.7 Å². The minimum atomic E-state index is -0.276. The maximum Gasteiger partial charge on any atom is 0.277 e. The quantitative estimate of drug-likeness (QED) is 0.700. The van der Waals surface area contributed by atoms with Crippen molar-refractivity contribution in [2.45, 2.75) is 25.3 Å². The summed E-state index contributed by atoms with van der Waals surface area (Å²) in [6.07, 6.45) is 4.52. The summed E-state index contributed by atoms with van der Waals surface area (Å²) in [4.78, 5) is 12.4. The fourth-order valence-electron chi connectivity index (χ4n) is 2.88. The molecule has 1 fully saturated rings. The van der Waals surface area contributed by atoms with Crippen LogP contribution in [0.4, 0.5) is 5.69 Å². The van der Waals surface area contributed by atoms with Crippen LogP contribution in [0.5, 0.6) is 5.75 Å². The smallest absolute Gasteiger partial charge is 0.277 e. The molecule has 0 unspecified atom stereocenters. The Hall–Kier alpha value is -2.45. The normalized spacial score (nSPS) is 15.0. The molecule has 0 bridgehead atoms. The van der Waals surface area contributed by atoms with Crippen molar-refractivity contribution < 1.29 is 14.3 Å². The third kappa shape index (κ3) is 5.03. The Balaban J connectivity index is 1.56. The van der Waals surface area contributed by atoms with E-state index in [4.69, 9.17) is 9.47 Å². The molecule has 0 atom stereocenters. The fourth-order valence-corrected chi connectivity index (χ4v) is 2.88. The molecule has 1 aliphatic heterocycles. The molecule has 1 aromatic carbocycles. The lowest BCUT2D eigenvalue weighted by molar-refractivity contribution is 0.102. The van der Waals surface area contributed by atoms with E-state index in [1.807, 2.05) is 18.2 Å². The summed E-state index contributed by atoms with van der Waals surface area (Å²) in [6.45, 7) is 3.14. The number of aromatic nitrogens is 3. The van der Waals surface area contributed by atoms with E-state index in [1.165, 1.54) is 0 Å². The molecular formula is C18H25N5O3. The van der Waals surface area contributed by atoms with Crippen molar-refractivity contribution in [3.05, 3.63) is 36.2 Å². The summed E-state index contributed by atoms with van der Waals surface area (Å²) in [6, 6.07) is 7.61. The Kier molecular flexibility index (Phi) is 6.56. The van der Waals surface area contributed by atoms with Crippen molar-refractivity contribution in [1.29, 1.82) is 0 Å². The Morgan fingerprint density at radius 3 is 3.00 bits per heavy atom. The number of rotatable bonds is 8. The summed E-state index contributed by atoms with van der Waals surface area (Å²) in [5.41, 5.74) is 0.977. The van der Waals surface area contributed by atoms with E-state index >= 15 is 0 Å². The van der Waals surface area contributed by atoms with E-state index < -0.39 is 0 Å². The number of piperidine rings is 1. The number of carbonyl (C=O) groups is 1. The molecule has 0 saturated carbocycles. The molecule has 8 nitrogen and oxygen atoms in total. The highest BCUT2D eigenvalue weighted by molar-refractivity contribution is 6.02. The highest BCUT2D eigenvalue weighted by Gasteiger charge is 2.18. The zero-order valence-corrected chi connectivity index (χ0v) is 15.0. The van der Waals surface area contributed by atoms with Crippen molar-refractivity contribution in [3.63, 3.8) is 0 Å². The second-order valence-corrected chi connectivity index (χ2v) is 6.24. The van der Waals surface area contributed by atoms with E-state index in [1.54, 1.807) is 24.1 Å². The lowest BCUT2D eigenvalue weighted by Crippen LogP contribution is -2.29. The third-order valence-electron chi connectivity index (χ3n) is 4.28. The maximum atomic E-state index is 12.4. The molecule has 1 amide bonds. The van der Waals surface area contributed by atoms with Gasteiger partial charge in [0, 0.05) is 31.9 Å². The van der Waals surface area contributed by atoms with Gasteiger partial charge in [-0.3, -0.25) is 4.79 Å². The zero-order valence-electron chi connectivity index (χ0n) is 15.0. The minimum Gasteiger partial charge on any atom is -0.493 e. The van der Waals surface area contributed by atoms with Crippen LogP contribution < -0.4 is 15.4 Å². The highest BCUT2D eigenvalue weighted by atomic mass is 16.5. The van der Waals surface area contributed by atoms with Crippen LogP contribution >= 0.6 is 0 Å². The first-order valence-electron chi connectivity index (χ1n) is 8.92. The molecule has 2 N–H and O–H groups in total. The van der Waals surface area contributed by atoms with Crippen molar-refractivity contribution >= 4 is 11.6 Å². The van der Waals surface area contributed by atoms with Crippen molar-refractivity contribution in [2.24, 2.45) is 0 Å². The van der Waals surface area contributed by atoms with Gasteiger partial charge in [-0.15, -0.1) is 5.10 Å². The number of nitrogens with one attached hydrogen (secondary N) is 2. The first-order valence-corrected chi connectivity index (χ1v) is 8.92. The minimum absolute atomic E-state index is 0.276. The number of methoxy groups -OCH3 is 1. The number of benzene rings is 1. The Labute approximate surface area is 152 Å². The first-order chi connectivity index (χ1) is 12.8. The zero-order chi connectivity index (χ0) is 18.2. The van der Waals surface area contributed by atoms with Gasteiger partial charge in [-0.1, -0.05) is 11.3 Å². The predicted molar refractivity (Wildman–Crippen MR) is 97.5 cm³/mol. The Morgan fingerprint density at radius 2 is 2.19 bits per heavy atom. The van der Waals surface area contributed by atoms with Crippen LogP contribution in [-0.2, 0) is 4.74 Å². The lowest BCUT2D eigenvalue weighted by Gasteiger charge is -2.22. The Bertz CT molecular complexity index is 712. The summed E-state index contributed by atoms with van der Waals surface area (Å²) in [5, 5.41) is 14.3. The van der Waals surface area contributed by atoms with E-state index in [9.17, 15) is 4.79 Å². The van der Waals surface area contributed by atoms with Crippen LogP contribution in [0.3, 0.4) is 0 Å². The second kappa shape index (κ2) is 9.30. The maximum absolute atomic E-state index is 12.4. The molecular weight excluding hydrogens is 334 g/mol. The van der Waals surface area contributed by atoms with Gasteiger partial charge >= 0.3 is 0 Å². The third-order valence-corrected chi connectivity index (χ3v) is 4.28. The van der Waals surface area contributed by atoms with E-state index in [0.29, 0.717) is 36.4 Å². The second-order valence-electron chi connectivity index (χ2n) is 6.24. The van der Waals surface area contributed by atoms with Gasteiger partial charge in [0.15, 0.2) is 5.69 Å². The van der Waals surface area contributed by atoms with Crippen LogP contribution in [0.1, 0.15) is 35.8 Å². The topological polar surface area (TPSA) is 90.3 Å². The van der Waals surface area contributed by atoms with Gasteiger partial charge in [0.25, 0.3) is 5.91 Å². The highest BCUT2D eigenvalue weighted by Crippen LogP contribution is 2.19. The molecule has 2 heterocycles. The van der Waals surface area contributed by atoms with Crippen LogP contribution in [0, 0.1) is 0 Å². The average molecular weight is 359 g/mol. The largest absolute Gasteiger partial charge is 0.493 e. The van der Waals surface area contributed by atoms with Gasteiger partial charge in [0.05, 0.1) is 18.8 Å². The van der Waals surface area contributed by atoms with E-state index in [-0.39, 0.29) is 5.91 Å². The molecule has 140 valence electrons. The van der Waals surface area contributed by atoms with Crippen LogP contribution in [0.2, 0.25) is 0 Å². The predicted octanol–water partition coefficient (Wildman–Crippen LogP) is 1.87. The average Bonchev–Trinajstić information content (AvgIpc) is 3.17. The number of hydrogen-bond donors (Lipinski definition) is 2. The number of ether oxygens (including phenoxy) is 2. The number of nitrogens with zero attached hydrogens (tertiary/aromatic N) is 3. The summed E-state index contributed by atoms with van der Waals surface area (Å²) in [7, 11) is 1.66. The summed E-state index contributed by atoms with van der Waals surface area (Å²) < 4.78 is 12.4. The monoisotopic (exact) mass is 359 g/mol. The van der Waals surface area contributed by atoms with Gasteiger partial charge < -0.3 is 20.1 Å². The van der Waals surface area contributed by atoms with Crippen LogP contribution in [0.25, 0.3) is 0 Å². The molecule has 0 aliphatic carbocycles. The number of hydrogen-bond acceptors (Lipinski definition) is 6. The summed E-state index contributed by atoms with van der Waals surface area (Å²) in [5.74, 6) is 0.430. The van der Waals surface area contributed by atoms with Gasteiger partial charge in [0.1, 0.15) is 5.75 Å². The first kappa shape index (κ1) is 18.3. The number of amides is 1. The van der Waals surface area contributed by atoms with E-state index in [0.717, 1.165) is 32.4 Å².